The van der Waals surface area contributed by atoms with Crippen LogP contribution in [-0.2, 0) is 0 Å². The third-order valence-corrected chi connectivity index (χ3v) is 7.91. The van der Waals surface area contributed by atoms with E-state index in [1.165, 1.54) is 32.1 Å². The second-order valence-corrected chi connectivity index (χ2v) is 10.6. The summed E-state index contributed by atoms with van der Waals surface area (Å²) < 4.78 is 0. The van der Waals surface area contributed by atoms with Crippen LogP contribution in [-0.4, -0.2) is 64.6 Å². The summed E-state index contributed by atoms with van der Waals surface area (Å²) in [6, 6.07) is 9.47. The Balaban J connectivity index is 0.000000543. The Morgan fingerprint density at radius 3 is 2.11 bits per heavy atom. The second-order valence-electron chi connectivity index (χ2n) is 10.6. The molecule has 5 rings (SSSR count). The number of carbonyl (C=O) groups excluding carboxylic acids is 1. The molecular formula is C29H40N4O3. The van der Waals surface area contributed by atoms with Crippen LogP contribution in [0.2, 0.25) is 0 Å². The number of rotatable bonds is 6. The number of aryl methyl sites for hydroxylation is 2. The maximum atomic E-state index is 13.1. The van der Waals surface area contributed by atoms with Crippen LogP contribution in [0.4, 0.5) is 4.79 Å². The first-order valence-electron chi connectivity index (χ1n) is 13.4. The molecule has 1 aromatic carbocycles. The molecular weight excluding hydrogens is 452 g/mol. The van der Waals surface area contributed by atoms with Crippen LogP contribution in [0.3, 0.4) is 0 Å². The summed E-state index contributed by atoms with van der Waals surface area (Å²) in [5.74, 6) is 1.12. The number of carboxylic acid groups (broad SMARTS) is 1. The second kappa shape index (κ2) is 12.3. The molecule has 2 aliphatic heterocycles. The van der Waals surface area contributed by atoms with Crippen molar-refractivity contribution in [3.63, 3.8) is 0 Å². The van der Waals surface area contributed by atoms with Gasteiger partial charge in [0.25, 0.3) is 5.91 Å². The van der Waals surface area contributed by atoms with Gasteiger partial charge in [-0.15, -0.1) is 0 Å². The molecule has 2 saturated heterocycles. The fourth-order valence-corrected chi connectivity index (χ4v) is 6.00. The zero-order chi connectivity index (χ0) is 25.5. The lowest BCUT2D eigenvalue weighted by Gasteiger charge is -2.24. The van der Waals surface area contributed by atoms with Crippen LogP contribution < -0.4 is 5.32 Å². The van der Waals surface area contributed by atoms with Crippen LogP contribution in [0, 0.1) is 25.7 Å². The predicted octanol–water partition coefficient (Wildman–Crippen LogP) is 5.05. The third-order valence-electron chi connectivity index (χ3n) is 7.91. The van der Waals surface area contributed by atoms with Crippen molar-refractivity contribution in [3.8, 4) is 0 Å². The Labute approximate surface area is 214 Å². The van der Waals surface area contributed by atoms with Crippen molar-refractivity contribution in [2.45, 2.75) is 58.4 Å². The molecule has 3 atom stereocenters. The number of benzene rings is 1. The molecule has 3 heterocycles. The first-order chi connectivity index (χ1) is 17.4. The van der Waals surface area contributed by atoms with Crippen molar-refractivity contribution < 1.29 is 14.7 Å². The number of amides is 2. The highest BCUT2D eigenvalue weighted by atomic mass is 16.4. The Morgan fingerprint density at radius 2 is 1.58 bits per heavy atom. The molecule has 36 heavy (non-hydrogen) atoms. The topological polar surface area (TPSA) is 85.8 Å². The average molecular weight is 493 g/mol. The van der Waals surface area contributed by atoms with Crippen molar-refractivity contribution >= 4 is 12.0 Å². The molecule has 7 heteroatoms. The number of fused-ring (bicyclic) bond motifs is 1. The van der Waals surface area contributed by atoms with Crippen LogP contribution in [0.15, 0.2) is 42.7 Å². The van der Waals surface area contributed by atoms with Crippen molar-refractivity contribution in [1.82, 2.24) is 20.1 Å². The molecule has 3 aliphatic rings. The van der Waals surface area contributed by atoms with Gasteiger partial charge in [-0.2, -0.15) is 0 Å². The van der Waals surface area contributed by atoms with Gasteiger partial charge in [-0.25, -0.2) is 4.79 Å². The normalized spacial score (nSPS) is 22.0. The van der Waals surface area contributed by atoms with Crippen LogP contribution in [0.5, 0.6) is 0 Å². The lowest BCUT2D eigenvalue weighted by atomic mass is 10.0. The number of nitrogens with one attached hydrogen (secondary N) is 1. The van der Waals surface area contributed by atoms with E-state index in [9.17, 15) is 14.7 Å². The van der Waals surface area contributed by atoms with Crippen molar-refractivity contribution in [2.75, 3.05) is 32.7 Å². The molecule has 0 radical (unpaired) electrons. The smallest absolute Gasteiger partial charge is 0.405 e. The van der Waals surface area contributed by atoms with Gasteiger partial charge in [-0.05, 0) is 54.9 Å². The van der Waals surface area contributed by atoms with E-state index in [4.69, 9.17) is 0 Å². The van der Waals surface area contributed by atoms with Crippen molar-refractivity contribution in [3.05, 3.63) is 65.0 Å². The monoisotopic (exact) mass is 492 g/mol. The molecule has 3 fully saturated rings. The Hall–Kier alpha value is -2.93. The van der Waals surface area contributed by atoms with Crippen molar-refractivity contribution in [1.29, 1.82) is 0 Å². The molecule has 0 spiro atoms. The average Bonchev–Trinajstić information content (AvgIpc) is 3.61. The number of aromatic nitrogens is 1. The van der Waals surface area contributed by atoms with E-state index in [0.717, 1.165) is 55.0 Å². The lowest BCUT2D eigenvalue weighted by molar-refractivity contribution is 0.0772. The summed E-state index contributed by atoms with van der Waals surface area (Å²) in [4.78, 5) is 32.9. The number of hydrogen-bond donors (Lipinski definition) is 2. The molecule has 2 N–H and O–H groups in total. The Bertz CT molecular complexity index is 983. The highest BCUT2D eigenvalue weighted by Crippen LogP contribution is 2.33. The summed E-state index contributed by atoms with van der Waals surface area (Å²) >= 11 is 0. The van der Waals surface area contributed by atoms with Gasteiger partial charge in [0.05, 0.1) is 6.04 Å². The summed E-state index contributed by atoms with van der Waals surface area (Å²) in [6.45, 7) is 8.32. The number of carbonyl (C=O) groups is 2. The first-order valence-corrected chi connectivity index (χ1v) is 13.4. The molecule has 1 aliphatic carbocycles. The molecule has 2 unspecified atom stereocenters. The van der Waals surface area contributed by atoms with Gasteiger partial charge in [0.2, 0.25) is 0 Å². The number of likely N-dealkylation sites (tertiary alicyclic amines) is 2. The van der Waals surface area contributed by atoms with Gasteiger partial charge in [0, 0.05) is 50.7 Å². The van der Waals surface area contributed by atoms with Gasteiger partial charge in [-0.3, -0.25) is 9.78 Å². The number of nitrogens with zero attached hydrogens (tertiary/aromatic N) is 3. The minimum absolute atomic E-state index is 0.152. The largest absolute Gasteiger partial charge is 0.465 e. The SMILES string of the molecule is C1CCCC1.Cc1cccc(C)c1C(=O)N1CC2CN(CCC(NC(=O)O)c3cccnc3)C[C@H]2C1. The summed E-state index contributed by atoms with van der Waals surface area (Å²) in [7, 11) is 0. The quantitative estimate of drug-likeness (QED) is 0.589. The zero-order valence-corrected chi connectivity index (χ0v) is 21.7. The summed E-state index contributed by atoms with van der Waals surface area (Å²) in [5.41, 5.74) is 3.81. The van der Waals surface area contributed by atoms with Gasteiger partial charge < -0.3 is 20.2 Å². The van der Waals surface area contributed by atoms with E-state index in [1.54, 1.807) is 12.4 Å². The zero-order valence-electron chi connectivity index (χ0n) is 21.7. The van der Waals surface area contributed by atoms with E-state index in [-0.39, 0.29) is 11.9 Å². The lowest BCUT2D eigenvalue weighted by Crippen LogP contribution is -2.35. The van der Waals surface area contributed by atoms with Gasteiger partial charge in [0.1, 0.15) is 0 Å². The molecule has 194 valence electrons. The number of hydrogen-bond acceptors (Lipinski definition) is 4. The maximum Gasteiger partial charge on any atom is 0.405 e. The van der Waals surface area contributed by atoms with Crippen molar-refractivity contribution in [2.24, 2.45) is 11.8 Å². The number of pyridine rings is 1. The van der Waals surface area contributed by atoms with Crippen LogP contribution in [0.1, 0.15) is 71.6 Å². The molecule has 1 saturated carbocycles. The van der Waals surface area contributed by atoms with Crippen LogP contribution in [0.25, 0.3) is 0 Å². The van der Waals surface area contributed by atoms with E-state index < -0.39 is 6.09 Å². The Morgan fingerprint density at radius 1 is 0.972 bits per heavy atom. The predicted molar refractivity (Wildman–Crippen MR) is 141 cm³/mol. The first kappa shape index (κ1) is 26.1. The molecule has 2 amide bonds. The van der Waals surface area contributed by atoms with Gasteiger partial charge >= 0.3 is 6.09 Å². The third kappa shape index (κ3) is 6.64. The van der Waals surface area contributed by atoms with E-state index >= 15 is 0 Å². The summed E-state index contributed by atoms with van der Waals surface area (Å²) in [5, 5.41) is 11.8. The summed E-state index contributed by atoms with van der Waals surface area (Å²) in [6.07, 6.45) is 10.6. The maximum absolute atomic E-state index is 13.1. The molecule has 0 bridgehead atoms. The van der Waals surface area contributed by atoms with E-state index in [1.807, 2.05) is 49.1 Å². The highest BCUT2D eigenvalue weighted by Gasteiger charge is 2.42. The molecule has 7 nitrogen and oxygen atoms in total. The van der Waals surface area contributed by atoms with E-state index in [0.29, 0.717) is 18.3 Å². The minimum atomic E-state index is -1.02. The molecule has 2 aromatic rings. The van der Waals surface area contributed by atoms with E-state index in [2.05, 4.69) is 15.2 Å². The Kier molecular flexibility index (Phi) is 8.97. The highest BCUT2D eigenvalue weighted by molar-refractivity contribution is 5.97. The van der Waals surface area contributed by atoms with Gasteiger partial charge in [-0.1, -0.05) is 56.4 Å². The fourth-order valence-electron chi connectivity index (χ4n) is 6.00. The minimum Gasteiger partial charge on any atom is -0.465 e. The van der Waals surface area contributed by atoms with Crippen LogP contribution >= 0.6 is 0 Å². The van der Waals surface area contributed by atoms with Gasteiger partial charge in [0.15, 0.2) is 0 Å². The standard InChI is InChI=1S/C24H30N4O3.C5H10/c1-16-5-3-6-17(2)22(16)23(29)28-14-19-12-27(13-20(19)15-28)10-8-21(26-24(30)31)18-7-4-9-25-11-18;1-2-4-5-3-1/h3-7,9,11,19-21,26H,8,10,12-15H2,1-2H3,(H,30,31);1-5H2/t19-,20?,21?;/m0./s1. The molecule has 1 aromatic heterocycles. The fraction of sp³-hybridized carbons (Fsp3) is 0.552.